The van der Waals surface area contributed by atoms with E-state index in [1.165, 1.54) is 9.80 Å². The quantitative estimate of drug-likeness (QED) is 0.254. The Bertz CT molecular complexity index is 1290. The van der Waals surface area contributed by atoms with Crippen molar-refractivity contribution in [3.8, 4) is 16.5 Å². The molecule has 1 fully saturated rings. The maximum atomic E-state index is 11.6. The first-order chi connectivity index (χ1) is 18.1. The smallest absolute Gasteiger partial charge is 0.407 e. The molecular weight excluding hydrogens is 510 g/mol. The van der Waals surface area contributed by atoms with E-state index in [0.29, 0.717) is 43.6 Å². The fraction of sp³-hybridized carbons (Fsp3) is 0.296. The molecule has 0 aliphatic carbocycles. The van der Waals surface area contributed by atoms with Crippen molar-refractivity contribution in [2.24, 2.45) is 0 Å². The third-order valence-electron chi connectivity index (χ3n) is 6.33. The minimum Gasteiger partial charge on any atom is -0.484 e. The van der Waals surface area contributed by atoms with Crippen molar-refractivity contribution in [3.05, 3.63) is 83.1 Å². The van der Waals surface area contributed by atoms with E-state index < -0.39 is 6.09 Å². The van der Waals surface area contributed by atoms with E-state index in [1.54, 1.807) is 23.1 Å². The topological polar surface area (TPSA) is 97.9 Å². The molecule has 2 atom stereocenters. The number of carboxylic acid groups (broad SMARTS) is 1. The van der Waals surface area contributed by atoms with Gasteiger partial charge >= 0.3 is 6.09 Å². The summed E-state index contributed by atoms with van der Waals surface area (Å²) in [5.41, 5.74) is 2.16. The summed E-state index contributed by atoms with van der Waals surface area (Å²) in [6.07, 6.45) is 1.58. The van der Waals surface area contributed by atoms with Crippen LogP contribution in [0.15, 0.2) is 75.5 Å². The molecule has 4 aromatic rings. The molecule has 2 aromatic carbocycles. The molecule has 8 nitrogen and oxygen atoms in total. The first kappa shape index (κ1) is 25.3. The summed E-state index contributed by atoms with van der Waals surface area (Å²) >= 11 is 3.25. The van der Waals surface area contributed by atoms with Gasteiger partial charge in [-0.25, -0.2) is 4.79 Å². The molecule has 1 aliphatic rings. The molecule has 0 bridgehead atoms. The third kappa shape index (κ3) is 6.33. The summed E-state index contributed by atoms with van der Waals surface area (Å²) in [6.45, 7) is 1.42. The summed E-state index contributed by atoms with van der Waals surface area (Å²) in [5, 5.41) is 15.5. The van der Waals surface area contributed by atoms with Crippen molar-refractivity contribution in [2.75, 3.05) is 19.3 Å². The lowest BCUT2D eigenvalue weighted by atomic mass is 9.87. The van der Waals surface area contributed by atoms with Crippen LogP contribution in [0.1, 0.15) is 29.4 Å². The Balaban J connectivity index is 1.22. The zero-order valence-corrected chi connectivity index (χ0v) is 21.9. The van der Waals surface area contributed by atoms with Crippen molar-refractivity contribution in [1.82, 2.24) is 15.0 Å². The molecule has 0 radical (unpaired) electrons. The Morgan fingerprint density at radius 1 is 1.16 bits per heavy atom. The Kier molecular flexibility index (Phi) is 8.08. The SMILES string of the molecule is CSc1ccc(COC2CN(C(=O)O)CCC2c2ccc(OCc3nc(-c4cccs4)no3)cc2)cc1. The van der Waals surface area contributed by atoms with Crippen LogP contribution in [0.3, 0.4) is 0 Å². The van der Waals surface area contributed by atoms with Crippen LogP contribution >= 0.6 is 23.1 Å². The van der Waals surface area contributed by atoms with Crippen LogP contribution in [-0.2, 0) is 18.0 Å². The molecular formula is C27H27N3O5S2. The largest absolute Gasteiger partial charge is 0.484 e. The number of thiophene rings is 1. The predicted octanol–water partition coefficient (Wildman–Crippen LogP) is 6.15. The van der Waals surface area contributed by atoms with Crippen LogP contribution in [0, 0.1) is 0 Å². The molecule has 3 heterocycles. The first-order valence-electron chi connectivity index (χ1n) is 11.9. The maximum Gasteiger partial charge on any atom is 0.407 e. The van der Waals surface area contributed by atoms with E-state index in [0.717, 1.165) is 16.0 Å². The average molecular weight is 538 g/mol. The number of aromatic nitrogens is 2. The highest BCUT2D eigenvalue weighted by molar-refractivity contribution is 7.98. The van der Waals surface area contributed by atoms with Crippen molar-refractivity contribution >= 4 is 29.2 Å². The van der Waals surface area contributed by atoms with Crippen LogP contribution in [0.25, 0.3) is 10.7 Å². The third-order valence-corrected chi connectivity index (χ3v) is 7.94. The number of benzene rings is 2. The number of carbonyl (C=O) groups is 1. The highest BCUT2D eigenvalue weighted by atomic mass is 32.2. The number of piperidine rings is 1. The van der Waals surface area contributed by atoms with Gasteiger partial charge in [0.15, 0.2) is 6.61 Å². The van der Waals surface area contributed by atoms with Gasteiger partial charge in [-0.15, -0.1) is 23.1 Å². The van der Waals surface area contributed by atoms with Gasteiger partial charge in [0.05, 0.1) is 24.1 Å². The molecule has 0 spiro atoms. The molecule has 2 unspecified atom stereocenters. The van der Waals surface area contributed by atoms with E-state index in [-0.39, 0.29) is 18.6 Å². The van der Waals surface area contributed by atoms with Crippen LogP contribution in [0.4, 0.5) is 4.79 Å². The normalized spacial score (nSPS) is 17.6. The molecule has 2 aromatic heterocycles. The fourth-order valence-electron chi connectivity index (χ4n) is 4.34. The lowest BCUT2D eigenvalue weighted by molar-refractivity contribution is -0.0199. The average Bonchev–Trinajstić information content (AvgIpc) is 3.64. The predicted molar refractivity (Wildman–Crippen MR) is 142 cm³/mol. The first-order valence-corrected chi connectivity index (χ1v) is 14.0. The van der Waals surface area contributed by atoms with Crippen LogP contribution < -0.4 is 4.74 Å². The molecule has 37 heavy (non-hydrogen) atoms. The van der Waals surface area contributed by atoms with Gasteiger partial charge in [-0.05, 0) is 59.5 Å². The Morgan fingerprint density at radius 2 is 1.97 bits per heavy atom. The van der Waals surface area contributed by atoms with Gasteiger partial charge in [-0.1, -0.05) is 35.5 Å². The summed E-state index contributed by atoms with van der Waals surface area (Å²) in [5.74, 6) is 1.74. The van der Waals surface area contributed by atoms with Crippen molar-refractivity contribution < 1.29 is 23.9 Å². The zero-order valence-electron chi connectivity index (χ0n) is 20.3. The second kappa shape index (κ2) is 11.8. The van der Waals surface area contributed by atoms with Crippen LogP contribution in [-0.4, -0.2) is 51.7 Å². The molecule has 5 rings (SSSR count). The second-order valence-electron chi connectivity index (χ2n) is 8.67. The molecule has 0 saturated carbocycles. The number of amides is 1. The number of hydrogen-bond acceptors (Lipinski definition) is 8. The van der Waals surface area contributed by atoms with Gasteiger partial charge in [0.1, 0.15) is 5.75 Å². The molecule has 10 heteroatoms. The zero-order chi connectivity index (χ0) is 25.6. The van der Waals surface area contributed by atoms with E-state index >= 15 is 0 Å². The Hall–Kier alpha value is -3.34. The monoisotopic (exact) mass is 537 g/mol. The molecule has 1 saturated heterocycles. The lowest BCUT2D eigenvalue weighted by Crippen LogP contribution is -2.46. The van der Waals surface area contributed by atoms with Gasteiger partial charge < -0.3 is 24.0 Å². The molecule has 1 amide bonds. The van der Waals surface area contributed by atoms with E-state index in [1.807, 2.05) is 48.0 Å². The molecule has 1 N–H and O–H groups in total. The number of likely N-dealkylation sites (tertiary alicyclic amines) is 1. The summed E-state index contributed by atoms with van der Waals surface area (Å²) in [7, 11) is 0. The highest BCUT2D eigenvalue weighted by Gasteiger charge is 2.33. The van der Waals surface area contributed by atoms with Gasteiger partial charge in [0.2, 0.25) is 5.82 Å². The minimum absolute atomic E-state index is 0.0828. The van der Waals surface area contributed by atoms with Gasteiger partial charge in [0, 0.05) is 17.4 Å². The van der Waals surface area contributed by atoms with Crippen molar-refractivity contribution in [1.29, 1.82) is 0 Å². The standard InChI is InChI=1S/C27H27N3O5S2/c1-36-21-10-4-18(5-11-21)16-34-23-15-30(27(31)32)13-12-22(23)19-6-8-20(9-7-19)33-17-25-28-26(29-35-25)24-3-2-14-37-24/h2-11,14,22-23H,12-13,15-17H2,1H3,(H,31,32). The van der Waals surface area contributed by atoms with E-state index in [4.69, 9.17) is 14.0 Å². The maximum absolute atomic E-state index is 11.6. The van der Waals surface area contributed by atoms with Gasteiger partial charge in [-0.3, -0.25) is 0 Å². The molecule has 192 valence electrons. The summed E-state index contributed by atoms with van der Waals surface area (Å²) in [4.78, 5) is 19.6. The van der Waals surface area contributed by atoms with Crippen LogP contribution in [0.5, 0.6) is 5.75 Å². The molecule has 1 aliphatic heterocycles. The van der Waals surface area contributed by atoms with Crippen molar-refractivity contribution in [2.45, 2.75) is 36.6 Å². The summed E-state index contributed by atoms with van der Waals surface area (Å²) < 4.78 is 17.4. The van der Waals surface area contributed by atoms with E-state index in [2.05, 4.69) is 34.4 Å². The fourth-order valence-corrected chi connectivity index (χ4v) is 5.40. The number of nitrogens with zero attached hydrogens (tertiary/aromatic N) is 3. The van der Waals surface area contributed by atoms with Gasteiger partial charge in [-0.2, -0.15) is 4.98 Å². The highest BCUT2D eigenvalue weighted by Crippen LogP contribution is 2.32. The number of hydrogen-bond donors (Lipinski definition) is 1. The van der Waals surface area contributed by atoms with Gasteiger partial charge in [0.25, 0.3) is 5.89 Å². The second-order valence-corrected chi connectivity index (χ2v) is 10.5. The Morgan fingerprint density at radius 3 is 2.68 bits per heavy atom. The van der Waals surface area contributed by atoms with Crippen LogP contribution in [0.2, 0.25) is 0 Å². The Labute approximate surface area is 223 Å². The number of thioether (sulfide) groups is 1. The summed E-state index contributed by atoms with van der Waals surface area (Å²) in [6, 6.07) is 20.0. The van der Waals surface area contributed by atoms with E-state index in [9.17, 15) is 9.90 Å². The lowest BCUT2D eigenvalue weighted by Gasteiger charge is -2.37. The number of rotatable bonds is 9. The minimum atomic E-state index is -0.914. The van der Waals surface area contributed by atoms with Crippen molar-refractivity contribution in [3.63, 3.8) is 0 Å². The number of ether oxygens (including phenoxy) is 2.